The molecule has 1 atom stereocenters. The number of ether oxygens (including phenoxy) is 1. The van der Waals surface area contributed by atoms with E-state index in [0.717, 1.165) is 22.4 Å². The van der Waals surface area contributed by atoms with Crippen molar-refractivity contribution in [3.63, 3.8) is 0 Å². The van der Waals surface area contributed by atoms with Gasteiger partial charge in [0.05, 0.1) is 11.1 Å². The van der Waals surface area contributed by atoms with Gasteiger partial charge in [0, 0.05) is 57.7 Å². The summed E-state index contributed by atoms with van der Waals surface area (Å²) < 4.78 is 34.5. The number of piperazine rings is 1. The number of hydrogen-bond acceptors (Lipinski definition) is 7. The van der Waals surface area contributed by atoms with E-state index in [1.165, 1.54) is 4.90 Å². The standard InChI is InChI=1S/C24H32N8O4S/c1-6-37(34,35)29-23(28-18-8-7-9-19(12-18)36-24(33)30(4)5)32-11-10-31(14-17(32)3)22-20-16(2)13-25-21(20)26-15-27-22/h7-9,12-13,15,17H,6,10-11,14H2,1-5H3,(H,28,29)(H,25,26,27)/t17-/m0/s1. The van der Waals surface area contributed by atoms with Gasteiger partial charge in [0.15, 0.2) is 0 Å². The van der Waals surface area contributed by atoms with Crippen molar-refractivity contribution < 1.29 is 17.9 Å². The molecule has 0 spiro atoms. The zero-order valence-electron chi connectivity index (χ0n) is 21.6. The molecule has 37 heavy (non-hydrogen) atoms. The molecule has 1 aromatic carbocycles. The molecule has 12 nitrogen and oxygen atoms in total. The molecule has 1 aliphatic heterocycles. The third-order valence-corrected chi connectivity index (χ3v) is 7.28. The molecule has 1 fully saturated rings. The topological polar surface area (TPSA) is 136 Å². The van der Waals surface area contributed by atoms with E-state index in [1.807, 2.05) is 24.9 Å². The van der Waals surface area contributed by atoms with Crippen LogP contribution in [0.4, 0.5) is 16.3 Å². The van der Waals surface area contributed by atoms with Crippen molar-refractivity contribution >= 4 is 44.6 Å². The molecule has 0 bridgehead atoms. The molecule has 0 unspecified atom stereocenters. The van der Waals surface area contributed by atoms with Crippen molar-refractivity contribution in [2.45, 2.75) is 26.8 Å². The number of carbonyl (C=O) groups is 1. The van der Waals surface area contributed by atoms with E-state index in [9.17, 15) is 13.2 Å². The number of H-pyrrole nitrogens is 1. The molecule has 1 saturated heterocycles. The number of aryl methyl sites for hydroxylation is 1. The number of aromatic nitrogens is 3. The SMILES string of the molecule is CCS(=O)(=O)/N=C(\Nc1cccc(OC(=O)N(C)C)c1)N1CCN(c2ncnc3[nH]cc(C)c23)C[C@@H]1C. The van der Waals surface area contributed by atoms with Crippen LogP contribution in [0.25, 0.3) is 11.0 Å². The van der Waals surface area contributed by atoms with Gasteiger partial charge < -0.3 is 29.7 Å². The van der Waals surface area contributed by atoms with Gasteiger partial charge in [0.2, 0.25) is 5.96 Å². The lowest BCUT2D eigenvalue weighted by Gasteiger charge is -2.42. The predicted octanol–water partition coefficient (Wildman–Crippen LogP) is 2.66. The Hall–Kier alpha value is -3.87. The van der Waals surface area contributed by atoms with Gasteiger partial charge in [-0.15, -0.1) is 4.40 Å². The highest BCUT2D eigenvalue weighted by Crippen LogP contribution is 2.28. The van der Waals surface area contributed by atoms with E-state index >= 15 is 0 Å². The lowest BCUT2D eigenvalue weighted by atomic mass is 10.1. The van der Waals surface area contributed by atoms with Crippen LogP contribution in [0.15, 0.2) is 41.2 Å². The van der Waals surface area contributed by atoms with Crippen molar-refractivity contribution in [2.24, 2.45) is 4.40 Å². The van der Waals surface area contributed by atoms with E-state index < -0.39 is 16.1 Å². The van der Waals surface area contributed by atoms with Crippen LogP contribution in [-0.4, -0.2) is 90.7 Å². The van der Waals surface area contributed by atoms with E-state index in [1.54, 1.807) is 51.6 Å². The highest BCUT2D eigenvalue weighted by molar-refractivity contribution is 7.90. The number of nitrogens with zero attached hydrogens (tertiary/aromatic N) is 6. The number of anilines is 2. The Morgan fingerprint density at radius 1 is 1.30 bits per heavy atom. The van der Waals surface area contributed by atoms with Crippen molar-refractivity contribution in [3.8, 4) is 5.75 Å². The summed E-state index contributed by atoms with van der Waals surface area (Å²) in [6.45, 7) is 7.30. The Morgan fingerprint density at radius 2 is 2.08 bits per heavy atom. The number of amides is 1. The summed E-state index contributed by atoms with van der Waals surface area (Å²) in [4.78, 5) is 29.4. The van der Waals surface area contributed by atoms with Gasteiger partial charge in [-0.05, 0) is 38.5 Å². The minimum Gasteiger partial charge on any atom is -0.410 e. The zero-order chi connectivity index (χ0) is 26.7. The molecule has 0 aliphatic carbocycles. The van der Waals surface area contributed by atoms with Gasteiger partial charge in [0.1, 0.15) is 23.5 Å². The monoisotopic (exact) mass is 528 g/mol. The predicted molar refractivity (Wildman–Crippen MR) is 144 cm³/mol. The molecule has 0 saturated carbocycles. The first-order chi connectivity index (χ1) is 17.6. The highest BCUT2D eigenvalue weighted by Gasteiger charge is 2.29. The molecule has 1 amide bonds. The second-order valence-corrected chi connectivity index (χ2v) is 11.0. The van der Waals surface area contributed by atoms with E-state index in [2.05, 4.69) is 29.6 Å². The van der Waals surface area contributed by atoms with Gasteiger partial charge in [-0.25, -0.2) is 23.2 Å². The summed E-state index contributed by atoms with van der Waals surface area (Å²) in [5.74, 6) is 1.27. The summed E-state index contributed by atoms with van der Waals surface area (Å²) in [6, 6.07) is 6.66. The van der Waals surface area contributed by atoms with Gasteiger partial charge in [0.25, 0.3) is 10.0 Å². The number of guanidine groups is 1. The van der Waals surface area contributed by atoms with Gasteiger partial charge in [-0.2, -0.15) is 0 Å². The quantitative estimate of drug-likeness (QED) is 0.378. The third-order valence-electron chi connectivity index (χ3n) is 6.10. The zero-order valence-corrected chi connectivity index (χ0v) is 22.4. The van der Waals surface area contributed by atoms with Crippen LogP contribution in [-0.2, 0) is 10.0 Å². The maximum Gasteiger partial charge on any atom is 0.414 e. The van der Waals surface area contributed by atoms with Crippen molar-refractivity contribution in [3.05, 3.63) is 42.4 Å². The second-order valence-electron chi connectivity index (χ2n) is 9.08. The average Bonchev–Trinajstić information content (AvgIpc) is 3.24. The smallest absolute Gasteiger partial charge is 0.410 e. The van der Waals surface area contributed by atoms with Crippen LogP contribution < -0.4 is 15.0 Å². The van der Waals surface area contributed by atoms with Crippen LogP contribution in [0.5, 0.6) is 5.75 Å². The summed E-state index contributed by atoms with van der Waals surface area (Å²) in [5.41, 5.74) is 2.39. The van der Waals surface area contributed by atoms with E-state index in [-0.39, 0.29) is 17.8 Å². The number of fused-ring (bicyclic) bond motifs is 1. The fraction of sp³-hybridized carbons (Fsp3) is 0.417. The van der Waals surface area contributed by atoms with Crippen LogP contribution >= 0.6 is 0 Å². The number of aromatic amines is 1. The summed E-state index contributed by atoms with van der Waals surface area (Å²) in [5, 5.41) is 4.12. The molecule has 4 rings (SSSR count). The van der Waals surface area contributed by atoms with Crippen LogP contribution in [0.3, 0.4) is 0 Å². The maximum absolute atomic E-state index is 12.5. The van der Waals surface area contributed by atoms with Crippen molar-refractivity contribution in [1.29, 1.82) is 0 Å². The Balaban J connectivity index is 1.59. The molecule has 3 aromatic rings. The molecule has 198 valence electrons. The first kappa shape index (κ1) is 26.2. The maximum atomic E-state index is 12.5. The van der Waals surface area contributed by atoms with E-state index in [0.29, 0.717) is 31.1 Å². The largest absolute Gasteiger partial charge is 0.414 e. The van der Waals surface area contributed by atoms with Crippen LogP contribution in [0, 0.1) is 6.92 Å². The van der Waals surface area contributed by atoms with Crippen LogP contribution in [0.2, 0.25) is 0 Å². The van der Waals surface area contributed by atoms with Gasteiger partial charge in [-0.1, -0.05) is 6.07 Å². The number of rotatable bonds is 5. The van der Waals surface area contributed by atoms with Gasteiger partial charge >= 0.3 is 6.09 Å². The Kier molecular flexibility index (Phi) is 7.52. The summed E-state index contributed by atoms with van der Waals surface area (Å²) in [7, 11) is -0.505. The number of sulfonamides is 1. The summed E-state index contributed by atoms with van der Waals surface area (Å²) >= 11 is 0. The lowest BCUT2D eigenvalue weighted by Crippen LogP contribution is -2.56. The summed E-state index contributed by atoms with van der Waals surface area (Å²) in [6.07, 6.45) is 2.94. The molecular formula is C24H32N8O4S. The second kappa shape index (κ2) is 10.6. The van der Waals surface area contributed by atoms with Crippen molar-refractivity contribution in [2.75, 3.05) is 49.7 Å². The highest BCUT2D eigenvalue weighted by atomic mass is 32.2. The molecule has 3 heterocycles. The number of carbonyl (C=O) groups excluding carboxylic acids is 1. The Morgan fingerprint density at radius 3 is 2.78 bits per heavy atom. The number of benzene rings is 1. The molecular weight excluding hydrogens is 496 g/mol. The molecule has 13 heteroatoms. The third kappa shape index (κ3) is 5.93. The average molecular weight is 529 g/mol. The first-order valence-corrected chi connectivity index (χ1v) is 13.6. The van der Waals surface area contributed by atoms with Crippen molar-refractivity contribution in [1.82, 2.24) is 24.8 Å². The van der Waals surface area contributed by atoms with Crippen LogP contribution in [0.1, 0.15) is 19.4 Å². The van der Waals surface area contributed by atoms with E-state index in [4.69, 9.17) is 4.74 Å². The minimum atomic E-state index is -3.69. The van der Waals surface area contributed by atoms with Gasteiger partial charge in [-0.3, -0.25) is 0 Å². The fourth-order valence-corrected chi connectivity index (χ4v) is 4.65. The Labute approximate surface area is 216 Å². The Bertz CT molecular complexity index is 1420. The molecule has 0 radical (unpaired) electrons. The fourth-order valence-electron chi connectivity index (χ4n) is 4.10. The first-order valence-electron chi connectivity index (χ1n) is 12.0. The number of nitrogens with one attached hydrogen (secondary N) is 2. The molecule has 2 aromatic heterocycles. The molecule has 1 aliphatic rings. The normalized spacial score (nSPS) is 16.7. The molecule has 2 N–H and O–H groups in total. The lowest BCUT2D eigenvalue weighted by molar-refractivity contribution is 0.172. The number of hydrogen-bond donors (Lipinski definition) is 2. The minimum absolute atomic E-state index is 0.0916.